The summed E-state index contributed by atoms with van der Waals surface area (Å²) in [5.74, 6) is -4.95. The number of carbonyl (C=O) groups excluding carboxylic acids is 2. The number of rotatable bonds is 8. The average molecular weight is 348 g/mol. The summed E-state index contributed by atoms with van der Waals surface area (Å²) in [7, 11) is 0. The highest BCUT2D eigenvalue weighted by Gasteiger charge is 2.25. The number of aliphatic carboxylic acids is 2. The van der Waals surface area contributed by atoms with Crippen molar-refractivity contribution in [3.8, 4) is 0 Å². The third-order valence-corrected chi connectivity index (χ3v) is 3.68. The Balaban J connectivity index is 2.97. The number of benzene rings is 1. The van der Waals surface area contributed by atoms with Crippen LogP contribution < -0.4 is 0 Å². The lowest BCUT2D eigenvalue weighted by Gasteiger charge is -2.15. The molecule has 0 aromatic heterocycles. The van der Waals surface area contributed by atoms with Crippen molar-refractivity contribution in [3.05, 3.63) is 47.0 Å². The summed E-state index contributed by atoms with van der Waals surface area (Å²) < 4.78 is 4.63. The molecule has 1 atom stereocenters. The highest BCUT2D eigenvalue weighted by Crippen LogP contribution is 2.21. The monoisotopic (exact) mass is 348 g/mol. The van der Waals surface area contributed by atoms with Crippen molar-refractivity contribution in [3.63, 3.8) is 0 Å². The SMILES string of the molecule is CC(=O)OC(=O)C(CCC(C(=O)O)=C(C)C(=O)O)Cc1ccccc1. The summed E-state index contributed by atoms with van der Waals surface area (Å²) in [5, 5.41) is 18.2. The molecular weight excluding hydrogens is 328 g/mol. The number of esters is 2. The largest absolute Gasteiger partial charge is 0.478 e. The van der Waals surface area contributed by atoms with Crippen LogP contribution in [0.2, 0.25) is 0 Å². The first-order valence-electron chi connectivity index (χ1n) is 7.64. The quantitative estimate of drug-likeness (QED) is 0.420. The molecule has 0 aliphatic carbocycles. The van der Waals surface area contributed by atoms with Crippen molar-refractivity contribution in [2.75, 3.05) is 0 Å². The van der Waals surface area contributed by atoms with Crippen LogP contribution in [-0.2, 0) is 30.3 Å². The molecule has 7 nitrogen and oxygen atoms in total. The predicted octanol–water partition coefficient (Wildman–Crippen LogP) is 2.20. The van der Waals surface area contributed by atoms with Gasteiger partial charge in [0.15, 0.2) is 0 Å². The van der Waals surface area contributed by atoms with Crippen LogP contribution >= 0.6 is 0 Å². The molecule has 2 N–H and O–H groups in total. The molecule has 0 saturated carbocycles. The Morgan fingerprint density at radius 1 is 1.00 bits per heavy atom. The van der Waals surface area contributed by atoms with Crippen molar-refractivity contribution >= 4 is 23.9 Å². The van der Waals surface area contributed by atoms with Crippen LogP contribution in [0.4, 0.5) is 0 Å². The average Bonchev–Trinajstić information content (AvgIpc) is 2.53. The molecule has 0 aliphatic rings. The maximum Gasteiger partial charge on any atom is 0.332 e. The molecule has 0 radical (unpaired) electrons. The highest BCUT2D eigenvalue weighted by molar-refractivity contribution is 5.98. The molecule has 0 bridgehead atoms. The Morgan fingerprint density at radius 2 is 1.60 bits per heavy atom. The minimum Gasteiger partial charge on any atom is -0.478 e. The van der Waals surface area contributed by atoms with Gasteiger partial charge in [0.1, 0.15) is 0 Å². The van der Waals surface area contributed by atoms with Gasteiger partial charge in [0, 0.05) is 18.1 Å². The molecule has 25 heavy (non-hydrogen) atoms. The van der Waals surface area contributed by atoms with Crippen LogP contribution in [0.1, 0.15) is 32.3 Å². The lowest BCUT2D eigenvalue weighted by Crippen LogP contribution is -2.23. The molecule has 0 amide bonds. The van der Waals surface area contributed by atoms with Crippen molar-refractivity contribution in [2.24, 2.45) is 5.92 Å². The van der Waals surface area contributed by atoms with Crippen molar-refractivity contribution in [1.29, 1.82) is 0 Å². The second-order valence-electron chi connectivity index (χ2n) is 5.55. The number of ether oxygens (including phenoxy) is 1. The van der Waals surface area contributed by atoms with E-state index in [0.717, 1.165) is 12.5 Å². The van der Waals surface area contributed by atoms with Gasteiger partial charge in [-0.25, -0.2) is 9.59 Å². The standard InChI is InChI=1S/C18H20O7/c1-11(16(20)21)15(17(22)23)9-8-14(18(24)25-12(2)19)10-13-6-4-3-5-7-13/h3-7,14H,8-10H2,1-2H3,(H,20,21)(H,22,23). The van der Waals surface area contributed by atoms with E-state index in [1.807, 2.05) is 6.07 Å². The molecule has 134 valence electrons. The Kier molecular flexibility index (Phi) is 7.52. The fourth-order valence-corrected chi connectivity index (χ4v) is 2.33. The number of carbonyl (C=O) groups is 4. The van der Waals surface area contributed by atoms with Crippen molar-refractivity contribution < 1.29 is 34.1 Å². The van der Waals surface area contributed by atoms with Crippen molar-refractivity contribution in [2.45, 2.75) is 33.1 Å². The topological polar surface area (TPSA) is 118 Å². The molecule has 0 fully saturated rings. The summed E-state index contributed by atoms with van der Waals surface area (Å²) in [6, 6.07) is 8.99. The number of hydrogen-bond donors (Lipinski definition) is 2. The van der Waals surface area contributed by atoms with E-state index in [4.69, 9.17) is 5.11 Å². The van der Waals surface area contributed by atoms with Gasteiger partial charge >= 0.3 is 23.9 Å². The van der Waals surface area contributed by atoms with Gasteiger partial charge in [-0.15, -0.1) is 0 Å². The predicted molar refractivity (Wildman–Crippen MR) is 87.6 cm³/mol. The molecule has 1 aromatic rings. The summed E-state index contributed by atoms with van der Waals surface area (Å²) in [6.45, 7) is 2.31. The Hall–Kier alpha value is -2.96. The van der Waals surface area contributed by atoms with Crippen LogP contribution in [0.3, 0.4) is 0 Å². The first kappa shape index (κ1) is 20.1. The van der Waals surface area contributed by atoms with Gasteiger partial charge in [-0.2, -0.15) is 0 Å². The fourth-order valence-electron chi connectivity index (χ4n) is 2.33. The van der Waals surface area contributed by atoms with E-state index in [0.29, 0.717) is 0 Å². The third kappa shape index (κ3) is 6.58. The van der Waals surface area contributed by atoms with Gasteiger partial charge in [-0.1, -0.05) is 30.3 Å². The number of carboxylic acids is 2. The zero-order valence-electron chi connectivity index (χ0n) is 14.0. The Morgan fingerprint density at radius 3 is 2.08 bits per heavy atom. The minimum absolute atomic E-state index is 0.0489. The van der Waals surface area contributed by atoms with Gasteiger partial charge < -0.3 is 14.9 Å². The molecule has 0 spiro atoms. The maximum absolute atomic E-state index is 12.1. The van der Waals surface area contributed by atoms with Crippen LogP contribution in [0, 0.1) is 5.92 Å². The van der Waals surface area contributed by atoms with E-state index in [1.54, 1.807) is 24.3 Å². The van der Waals surface area contributed by atoms with E-state index in [9.17, 15) is 24.3 Å². The summed E-state index contributed by atoms with van der Waals surface area (Å²) in [4.78, 5) is 45.4. The fraction of sp³-hybridized carbons (Fsp3) is 0.333. The van der Waals surface area contributed by atoms with Gasteiger partial charge in [0.2, 0.25) is 0 Å². The number of carboxylic acid groups (broad SMARTS) is 2. The highest BCUT2D eigenvalue weighted by atomic mass is 16.6. The zero-order valence-corrected chi connectivity index (χ0v) is 14.0. The lowest BCUT2D eigenvalue weighted by molar-refractivity contribution is -0.161. The summed E-state index contributed by atoms with van der Waals surface area (Å²) >= 11 is 0. The minimum atomic E-state index is -1.35. The van der Waals surface area contributed by atoms with Gasteiger partial charge in [-0.3, -0.25) is 9.59 Å². The molecule has 0 saturated heterocycles. The van der Waals surface area contributed by atoms with Crippen LogP contribution in [-0.4, -0.2) is 34.1 Å². The molecule has 1 unspecified atom stereocenters. The molecule has 0 aliphatic heterocycles. The van der Waals surface area contributed by atoms with Crippen molar-refractivity contribution in [1.82, 2.24) is 0 Å². The maximum atomic E-state index is 12.1. The normalized spacial score (nSPS) is 12.7. The number of hydrogen-bond acceptors (Lipinski definition) is 5. The lowest BCUT2D eigenvalue weighted by atomic mass is 9.91. The van der Waals surface area contributed by atoms with E-state index < -0.39 is 29.8 Å². The van der Waals surface area contributed by atoms with E-state index >= 15 is 0 Å². The van der Waals surface area contributed by atoms with Gasteiger partial charge in [0.25, 0.3) is 0 Å². The Labute approximate surface area is 144 Å². The summed E-state index contributed by atoms with van der Waals surface area (Å²) in [6.07, 6.45) is 0.178. The van der Waals surface area contributed by atoms with E-state index in [1.165, 1.54) is 6.92 Å². The van der Waals surface area contributed by atoms with E-state index in [-0.39, 0.29) is 30.4 Å². The zero-order chi connectivity index (χ0) is 19.0. The Bertz CT molecular complexity index is 689. The van der Waals surface area contributed by atoms with Crippen LogP contribution in [0.5, 0.6) is 0 Å². The molecular formula is C18H20O7. The van der Waals surface area contributed by atoms with E-state index in [2.05, 4.69) is 4.74 Å². The van der Waals surface area contributed by atoms with Gasteiger partial charge in [-0.05, 0) is 31.7 Å². The molecule has 7 heteroatoms. The second kappa shape index (κ2) is 9.36. The molecule has 1 aromatic carbocycles. The van der Waals surface area contributed by atoms with Crippen LogP contribution in [0.25, 0.3) is 0 Å². The van der Waals surface area contributed by atoms with Gasteiger partial charge in [0.05, 0.1) is 5.92 Å². The third-order valence-electron chi connectivity index (χ3n) is 3.68. The first-order valence-corrected chi connectivity index (χ1v) is 7.64. The van der Waals surface area contributed by atoms with Crippen LogP contribution in [0.15, 0.2) is 41.5 Å². The smallest absolute Gasteiger partial charge is 0.332 e. The second-order valence-corrected chi connectivity index (χ2v) is 5.55. The molecule has 0 heterocycles. The molecule has 1 rings (SSSR count). The summed E-state index contributed by atoms with van der Waals surface area (Å²) in [5.41, 5.74) is 0.260. The first-order chi connectivity index (χ1) is 11.7.